The number of nitrogens with zero attached hydrogens (tertiary/aromatic N) is 1. The van der Waals surface area contributed by atoms with Crippen molar-refractivity contribution in [3.63, 3.8) is 0 Å². The van der Waals surface area contributed by atoms with Crippen molar-refractivity contribution >= 4 is 11.5 Å². The minimum absolute atomic E-state index is 0.0467. The van der Waals surface area contributed by atoms with Crippen molar-refractivity contribution in [3.05, 3.63) is 45.9 Å². The molecule has 0 amide bonds. The van der Waals surface area contributed by atoms with Gasteiger partial charge in [-0.1, -0.05) is 26.0 Å². The summed E-state index contributed by atoms with van der Waals surface area (Å²) in [6.07, 6.45) is 0.334. The first-order chi connectivity index (χ1) is 7.00. The highest BCUT2D eigenvalue weighted by Crippen LogP contribution is 2.16. The second-order valence-electron chi connectivity index (χ2n) is 3.61. The van der Waals surface area contributed by atoms with Crippen molar-refractivity contribution < 1.29 is 9.72 Å². The van der Waals surface area contributed by atoms with Crippen LogP contribution >= 0.6 is 0 Å². The molecule has 0 atom stereocenters. The number of benzene rings is 1. The van der Waals surface area contributed by atoms with E-state index in [0.29, 0.717) is 12.0 Å². The van der Waals surface area contributed by atoms with Gasteiger partial charge in [-0.05, 0) is 5.92 Å². The maximum absolute atomic E-state index is 11.6. The summed E-state index contributed by atoms with van der Waals surface area (Å²) >= 11 is 0. The molecule has 0 aliphatic rings. The van der Waals surface area contributed by atoms with Gasteiger partial charge in [0.1, 0.15) is 0 Å². The summed E-state index contributed by atoms with van der Waals surface area (Å²) in [4.78, 5) is 21.6. The van der Waals surface area contributed by atoms with Gasteiger partial charge in [0.05, 0.1) is 4.92 Å². The highest BCUT2D eigenvalue weighted by Gasteiger charge is 2.12. The van der Waals surface area contributed by atoms with Gasteiger partial charge < -0.3 is 0 Å². The minimum Gasteiger partial charge on any atom is -0.294 e. The fourth-order valence-corrected chi connectivity index (χ4v) is 1.22. The molecule has 0 heterocycles. The van der Waals surface area contributed by atoms with Crippen LogP contribution in [0.2, 0.25) is 0 Å². The fraction of sp³-hybridized carbons (Fsp3) is 0.273. The van der Waals surface area contributed by atoms with Crippen molar-refractivity contribution in [1.29, 1.82) is 0 Å². The topological polar surface area (TPSA) is 60.2 Å². The lowest BCUT2D eigenvalue weighted by atomic mass is 10.0. The molecular weight excluding hydrogens is 194 g/mol. The van der Waals surface area contributed by atoms with Gasteiger partial charge >= 0.3 is 0 Å². The van der Waals surface area contributed by atoms with E-state index in [2.05, 4.69) is 0 Å². The molecule has 0 N–H and O–H groups in total. The monoisotopic (exact) mass is 206 g/mol. The van der Waals surface area contributed by atoms with Gasteiger partial charge in [-0.25, -0.2) is 0 Å². The highest BCUT2D eigenvalue weighted by molar-refractivity contribution is 5.97. The molecule has 4 heteroatoms. The van der Waals surface area contributed by atoms with Gasteiger partial charge in [-0.3, -0.25) is 14.9 Å². The molecule has 0 aliphatic heterocycles. The Bertz CT molecular complexity index is 385. The number of rotatable bonds is 4. The Labute approximate surface area is 88.1 Å². The summed E-state index contributed by atoms with van der Waals surface area (Å²) in [6.45, 7) is 3.71. The summed E-state index contributed by atoms with van der Waals surface area (Å²) < 4.78 is 0. The van der Waals surface area contributed by atoms with Gasteiger partial charge in [-0.2, -0.15) is 0 Å². The van der Waals surface area contributed by atoms with Crippen LogP contribution in [-0.2, 0) is 0 Å². The number of nitro groups is 1. The molecule has 0 unspecified atom stereocenters. The number of carbonyl (C=O) groups is 1. The summed E-state index contributed by atoms with van der Waals surface area (Å²) in [5.74, 6) is 0.908. The van der Waals surface area contributed by atoms with Gasteiger partial charge in [-0.15, -0.1) is 0 Å². The number of hydrogen-bond acceptors (Lipinski definition) is 3. The van der Waals surface area contributed by atoms with E-state index in [1.54, 1.807) is 6.07 Å². The van der Waals surface area contributed by atoms with Gasteiger partial charge in [0.15, 0.2) is 5.78 Å². The molecule has 0 bridgehead atoms. The van der Waals surface area contributed by atoms with Crippen molar-refractivity contribution in [1.82, 2.24) is 0 Å². The average Bonchev–Trinajstić information content (AvgIpc) is 2.17. The van der Waals surface area contributed by atoms with E-state index in [1.807, 2.05) is 13.8 Å². The molecule has 0 aromatic heterocycles. The normalized spacial score (nSPS) is 10.3. The maximum Gasteiger partial charge on any atom is 0.270 e. The standard InChI is InChI=1S/C11H12NO3/c1-8(2)6-11(13)9-4-3-5-10(7-9)12(14)15/h3-5,7H,6H2,1-2H3. The van der Waals surface area contributed by atoms with Crippen LogP contribution in [0.4, 0.5) is 5.69 Å². The third-order valence-electron chi connectivity index (χ3n) is 1.89. The van der Waals surface area contributed by atoms with E-state index in [0.717, 1.165) is 5.92 Å². The Morgan fingerprint density at radius 2 is 2.07 bits per heavy atom. The summed E-state index contributed by atoms with van der Waals surface area (Å²) in [5, 5.41) is 10.5. The molecule has 0 aliphatic carbocycles. The van der Waals surface area contributed by atoms with Crippen LogP contribution in [0.5, 0.6) is 0 Å². The first kappa shape index (κ1) is 11.4. The molecule has 0 fully saturated rings. The summed E-state index contributed by atoms with van der Waals surface area (Å²) in [7, 11) is 0. The number of hydrogen-bond donors (Lipinski definition) is 0. The van der Waals surface area contributed by atoms with Crippen LogP contribution in [0.15, 0.2) is 24.3 Å². The number of ketones is 1. The van der Waals surface area contributed by atoms with E-state index in [1.165, 1.54) is 18.2 Å². The summed E-state index contributed by atoms with van der Waals surface area (Å²) in [6, 6.07) is 5.80. The zero-order valence-corrected chi connectivity index (χ0v) is 8.69. The van der Waals surface area contributed by atoms with Gasteiger partial charge in [0, 0.05) is 24.1 Å². The van der Waals surface area contributed by atoms with E-state index in [4.69, 9.17) is 0 Å². The first-order valence-electron chi connectivity index (χ1n) is 4.57. The Kier molecular flexibility index (Phi) is 3.55. The second-order valence-corrected chi connectivity index (χ2v) is 3.61. The molecule has 0 spiro atoms. The number of carbonyl (C=O) groups excluding carboxylic acids is 1. The third kappa shape index (κ3) is 3.16. The minimum atomic E-state index is -0.501. The van der Waals surface area contributed by atoms with E-state index in [-0.39, 0.29) is 11.5 Å². The van der Waals surface area contributed by atoms with Crippen molar-refractivity contribution in [3.8, 4) is 0 Å². The quantitative estimate of drug-likeness (QED) is 0.432. The predicted molar refractivity (Wildman–Crippen MR) is 56.6 cm³/mol. The third-order valence-corrected chi connectivity index (χ3v) is 1.89. The van der Waals surface area contributed by atoms with Crippen molar-refractivity contribution in [2.24, 2.45) is 0 Å². The SMILES string of the molecule is C[C](C)CC(=O)c1cccc([N+](=O)[O-])c1. The molecule has 4 nitrogen and oxygen atoms in total. The molecule has 15 heavy (non-hydrogen) atoms. The smallest absolute Gasteiger partial charge is 0.270 e. The molecule has 1 rings (SSSR count). The van der Waals surface area contributed by atoms with Gasteiger partial charge in [0.25, 0.3) is 5.69 Å². The van der Waals surface area contributed by atoms with Crippen LogP contribution in [0.1, 0.15) is 30.6 Å². The van der Waals surface area contributed by atoms with Crippen molar-refractivity contribution in [2.45, 2.75) is 20.3 Å². The molecule has 1 aromatic rings. The largest absolute Gasteiger partial charge is 0.294 e. The predicted octanol–water partition coefficient (Wildman–Crippen LogP) is 2.78. The van der Waals surface area contributed by atoms with Crippen LogP contribution in [0, 0.1) is 16.0 Å². The van der Waals surface area contributed by atoms with Gasteiger partial charge in [0.2, 0.25) is 0 Å². The molecule has 0 saturated carbocycles. The number of nitro benzene ring substituents is 1. The van der Waals surface area contributed by atoms with Crippen LogP contribution in [0.3, 0.4) is 0 Å². The lowest BCUT2D eigenvalue weighted by molar-refractivity contribution is -0.384. The molecule has 1 aromatic carbocycles. The Morgan fingerprint density at radius 1 is 1.40 bits per heavy atom. The first-order valence-corrected chi connectivity index (χ1v) is 4.57. The van der Waals surface area contributed by atoms with Crippen LogP contribution in [-0.4, -0.2) is 10.7 Å². The fourth-order valence-electron chi connectivity index (χ4n) is 1.22. The molecule has 0 saturated heterocycles. The van der Waals surface area contributed by atoms with Crippen molar-refractivity contribution in [2.75, 3.05) is 0 Å². The zero-order chi connectivity index (χ0) is 11.4. The lowest BCUT2D eigenvalue weighted by Crippen LogP contribution is -2.02. The zero-order valence-electron chi connectivity index (χ0n) is 8.69. The Balaban J connectivity index is 2.90. The summed E-state index contributed by atoms with van der Waals surface area (Å²) in [5.41, 5.74) is 0.347. The average molecular weight is 206 g/mol. The molecule has 1 radical (unpaired) electrons. The van der Waals surface area contributed by atoms with Crippen LogP contribution in [0.25, 0.3) is 0 Å². The molecule has 79 valence electrons. The van der Waals surface area contributed by atoms with E-state index < -0.39 is 4.92 Å². The molecular formula is C11H12NO3. The van der Waals surface area contributed by atoms with E-state index >= 15 is 0 Å². The lowest BCUT2D eigenvalue weighted by Gasteiger charge is -2.02. The Hall–Kier alpha value is -1.71. The maximum atomic E-state index is 11.6. The van der Waals surface area contributed by atoms with Crippen LogP contribution < -0.4 is 0 Å². The second kappa shape index (κ2) is 4.68. The number of non-ortho nitro benzene ring substituents is 1. The highest BCUT2D eigenvalue weighted by atomic mass is 16.6. The number of Topliss-reactive ketones (excluding diaryl/α,β-unsaturated/α-hetero) is 1. The Morgan fingerprint density at radius 3 is 2.60 bits per heavy atom. The van der Waals surface area contributed by atoms with E-state index in [9.17, 15) is 14.9 Å².